The van der Waals surface area contributed by atoms with Gasteiger partial charge < -0.3 is 4.74 Å². The molecule has 23 heavy (non-hydrogen) atoms. The Morgan fingerprint density at radius 2 is 2.04 bits per heavy atom. The second-order valence-corrected chi connectivity index (χ2v) is 6.11. The molecule has 2 aromatic rings. The zero-order chi connectivity index (χ0) is 16.8. The summed E-state index contributed by atoms with van der Waals surface area (Å²) in [5, 5.41) is 11.1. The molecule has 1 aromatic heterocycles. The monoisotopic (exact) mass is 332 g/mol. The van der Waals surface area contributed by atoms with Crippen LogP contribution in [0, 0.1) is 10.1 Å². The van der Waals surface area contributed by atoms with E-state index in [-0.39, 0.29) is 10.7 Å². The van der Waals surface area contributed by atoms with E-state index < -0.39 is 16.1 Å². The summed E-state index contributed by atoms with van der Waals surface area (Å²) in [7, 11) is 0. The number of rotatable bonds is 2. The maximum Gasteiger partial charge on any atom is 0.273 e. The van der Waals surface area contributed by atoms with Crippen molar-refractivity contribution in [2.75, 3.05) is 0 Å². The van der Waals surface area contributed by atoms with E-state index in [1.54, 1.807) is 18.3 Å². The quantitative estimate of drug-likeness (QED) is 0.623. The van der Waals surface area contributed by atoms with E-state index in [9.17, 15) is 14.9 Å². The Balaban J connectivity index is 2.29. The van der Waals surface area contributed by atoms with Crippen LogP contribution >= 0.6 is 11.6 Å². The Hall–Kier alpha value is -2.60. The van der Waals surface area contributed by atoms with Gasteiger partial charge in [0.25, 0.3) is 11.2 Å². The summed E-state index contributed by atoms with van der Waals surface area (Å²) in [5.41, 5.74) is -0.154. The number of nitrogens with zero attached hydrogens (tertiary/aromatic N) is 2. The van der Waals surface area contributed by atoms with Crippen LogP contribution in [-0.4, -0.2) is 15.1 Å². The third-order valence-corrected chi connectivity index (χ3v) is 3.76. The minimum absolute atomic E-state index is 0.0738. The van der Waals surface area contributed by atoms with Crippen molar-refractivity contribution in [1.29, 1.82) is 0 Å². The van der Waals surface area contributed by atoms with Gasteiger partial charge in [0.1, 0.15) is 16.4 Å². The average molecular weight is 333 g/mol. The first kappa shape index (κ1) is 15.3. The molecule has 2 heterocycles. The lowest BCUT2D eigenvalue weighted by Gasteiger charge is -2.31. The number of aromatic nitrogens is 1. The van der Waals surface area contributed by atoms with Crippen molar-refractivity contribution in [1.82, 2.24) is 4.57 Å². The van der Waals surface area contributed by atoms with E-state index in [1.165, 1.54) is 28.8 Å². The third kappa shape index (κ3) is 2.73. The number of halogens is 1. The molecule has 0 saturated carbocycles. The van der Waals surface area contributed by atoms with Crippen LogP contribution in [0.15, 0.2) is 47.4 Å². The first-order valence-electron chi connectivity index (χ1n) is 6.87. The van der Waals surface area contributed by atoms with Crippen LogP contribution in [0.25, 0.3) is 5.70 Å². The summed E-state index contributed by atoms with van der Waals surface area (Å²) in [5.74, 6) is 0.477. The summed E-state index contributed by atoms with van der Waals surface area (Å²) < 4.78 is 7.20. The van der Waals surface area contributed by atoms with Gasteiger partial charge in [-0.1, -0.05) is 11.6 Å². The van der Waals surface area contributed by atoms with E-state index in [2.05, 4.69) is 0 Å². The number of hydrogen-bond acceptors (Lipinski definition) is 4. The molecule has 0 N–H and O–H groups in total. The van der Waals surface area contributed by atoms with E-state index in [0.717, 1.165) is 0 Å². The molecule has 0 unspecified atom stereocenters. The standard InChI is InChI=1S/C16H13ClN2O4/c1-16(2)9-13(18-7-3-4-12(17)15(18)20)11-8-10(19(21)22)5-6-14(11)23-16/h3-9H,1-2H3. The number of nitro groups is 1. The number of pyridine rings is 1. The number of nitro benzene ring substituents is 1. The molecule has 118 valence electrons. The molecule has 1 aromatic carbocycles. The minimum atomic E-state index is -0.666. The molecule has 0 saturated heterocycles. The molecular formula is C16H13ClN2O4. The molecule has 0 radical (unpaired) electrons. The van der Waals surface area contributed by atoms with Gasteiger partial charge in [-0.25, -0.2) is 0 Å². The number of benzene rings is 1. The van der Waals surface area contributed by atoms with Crippen LogP contribution in [0.4, 0.5) is 5.69 Å². The zero-order valence-electron chi connectivity index (χ0n) is 12.4. The minimum Gasteiger partial charge on any atom is -0.483 e. The normalized spacial score (nSPS) is 15.3. The maximum atomic E-state index is 12.3. The van der Waals surface area contributed by atoms with Crippen molar-refractivity contribution in [2.24, 2.45) is 0 Å². The van der Waals surface area contributed by atoms with Gasteiger partial charge in [0.05, 0.1) is 10.6 Å². The first-order chi connectivity index (χ1) is 10.8. The van der Waals surface area contributed by atoms with E-state index in [0.29, 0.717) is 17.0 Å². The fourth-order valence-corrected chi connectivity index (χ4v) is 2.66. The van der Waals surface area contributed by atoms with Gasteiger partial charge >= 0.3 is 0 Å². The molecule has 0 atom stereocenters. The maximum absolute atomic E-state index is 12.3. The van der Waals surface area contributed by atoms with Gasteiger partial charge in [0, 0.05) is 23.9 Å². The van der Waals surface area contributed by atoms with Gasteiger partial charge in [-0.05, 0) is 38.1 Å². The fourth-order valence-electron chi connectivity index (χ4n) is 2.50. The topological polar surface area (TPSA) is 74.4 Å². The summed E-state index contributed by atoms with van der Waals surface area (Å²) in [6, 6.07) is 7.45. The number of non-ortho nitro benzene ring substituents is 1. The lowest BCUT2D eigenvalue weighted by molar-refractivity contribution is -0.384. The second kappa shape index (κ2) is 5.24. The summed E-state index contributed by atoms with van der Waals surface area (Å²) in [4.78, 5) is 22.9. The molecule has 1 aliphatic heterocycles. The van der Waals surface area contributed by atoms with Crippen LogP contribution < -0.4 is 10.3 Å². The summed E-state index contributed by atoms with van der Waals surface area (Å²) >= 11 is 5.91. The molecule has 6 nitrogen and oxygen atoms in total. The highest BCUT2D eigenvalue weighted by molar-refractivity contribution is 6.30. The predicted molar refractivity (Wildman–Crippen MR) is 86.9 cm³/mol. The smallest absolute Gasteiger partial charge is 0.273 e. The Labute approximate surface area is 136 Å². The van der Waals surface area contributed by atoms with E-state index >= 15 is 0 Å². The van der Waals surface area contributed by atoms with Crippen molar-refractivity contribution in [3.05, 3.63) is 73.7 Å². The summed E-state index contributed by atoms with van der Waals surface area (Å²) in [6.45, 7) is 3.68. The second-order valence-electron chi connectivity index (χ2n) is 5.70. The summed E-state index contributed by atoms with van der Waals surface area (Å²) in [6.07, 6.45) is 3.32. The van der Waals surface area contributed by atoms with Crippen LogP contribution in [-0.2, 0) is 0 Å². The number of ether oxygens (including phenoxy) is 1. The zero-order valence-corrected chi connectivity index (χ0v) is 13.2. The van der Waals surface area contributed by atoms with Crippen LogP contribution in [0.1, 0.15) is 19.4 Å². The highest BCUT2D eigenvalue weighted by Gasteiger charge is 2.29. The SMILES string of the molecule is CC1(C)C=C(n2cccc(Cl)c2=O)c2cc([N+](=O)[O-])ccc2O1. The van der Waals surface area contributed by atoms with Crippen molar-refractivity contribution in [3.8, 4) is 5.75 Å². The largest absolute Gasteiger partial charge is 0.483 e. The molecule has 7 heteroatoms. The highest BCUT2D eigenvalue weighted by Crippen LogP contribution is 2.38. The first-order valence-corrected chi connectivity index (χ1v) is 7.24. The Bertz CT molecular complexity index is 899. The van der Waals surface area contributed by atoms with Crippen LogP contribution in [0.2, 0.25) is 5.02 Å². The van der Waals surface area contributed by atoms with Crippen molar-refractivity contribution >= 4 is 23.0 Å². The lowest BCUT2D eigenvalue weighted by atomic mass is 9.98. The average Bonchev–Trinajstić information content (AvgIpc) is 2.48. The molecule has 0 bridgehead atoms. The van der Waals surface area contributed by atoms with Crippen molar-refractivity contribution in [3.63, 3.8) is 0 Å². The van der Waals surface area contributed by atoms with Gasteiger partial charge in [0.2, 0.25) is 0 Å². The molecule has 1 aliphatic rings. The highest BCUT2D eigenvalue weighted by atomic mass is 35.5. The molecule has 0 aliphatic carbocycles. The molecule has 0 fully saturated rings. The van der Waals surface area contributed by atoms with E-state index in [4.69, 9.17) is 16.3 Å². The van der Waals surface area contributed by atoms with Gasteiger partial charge in [-0.15, -0.1) is 0 Å². The number of hydrogen-bond donors (Lipinski definition) is 0. The van der Waals surface area contributed by atoms with E-state index in [1.807, 2.05) is 13.8 Å². The van der Waals surface area contributed by atoms with Gasteiger partial charge in [0.15, 0.2) is 0 Å². The molecule has 0 amide bonds. The molecule has 0 spiro atoms. The van der Waals surface area contributed by atoms with Crippen molar-refractivity contribution in [2.45, 2.75) is 19.4 Å². The lowest BCUT2D eigenvalue weighted by Crippen LogP contribution is -2.32. The van der Waals surface area contributed by atoms with Gasteiger partial charge in [-0.2, -0.15) is 0 Å². The molecule has 3 rings (SSSR count). The molecular weight excluding hydrogens is 320 g/mol. The predicted octanol–water partition coefficient (Wildman–Crippen LogP) is 3.47. The van der Waals surface area contributed by atoms with Crippen molar-refractivity contribution < 1.29 is 9.66 Å². The van der Waals surface area contributed by atoms with Gasteiger partial charge in [-0.3, -0.25) is 19.5 Å². The Morgan fingerprint density at radius 3 is 2.74 bits per heavy atom. The number of fused-ring (bicyclic) bond motifs is 1. The third-order valence-electron chi connectivity index (χ3n) is 3.47. The van der Waals surface area contributed by atoms with Crippen LogP contribution in [0.5, 0.6) is 5.75 Å². The Kier molecular flexibility index (Phi) is 3.49. The fraction of sp³-hybridized carbons (Fsp3) is 0.188. The van der Waals surface area contributed by atoms with Crippen LogP contribution in [0.3, 0.4) is 0 Å². The Morgan fingerprint density at radius 1 is 1.30 bits per heavy atom.